The second kappa shape index (κ2) is 6.40. The minimum atomic E-state index is -3.20. The maximum Gasteiger partial charge on any atom is 0.219 e. The van der Waals surface area contributed by atoms with Crippen LogP contribution in [0.1, 0.15) is 12.0 Å². The minimum absolute atomic E-state index is 0.344. The largest absolute Gasteiger partial charge is 0.256 e. The molecule has 0 radical (unpaired) electrons. The molecule has 3 heterocycles. The molecule has 1 unspecified atom stereocenters. The first-order chi connectivity index (χ1) is 11.6. The summed E-state index contributed by atoms with van der Waals surface area (Å²) in [4.78, 5) is 4.34. The summed E-state index contributed by atoms with van der Waals surface area (Å²) >= 11 is 0. The van der Waals surface area contributed by atoms with E-state index in [-0.39, 0.29) is 5.25 Å². The van der Waals surface area contributed by atoms with Crippen molar-refractivity contribution in [1.29, 1.82) is 0 Å². The lowest BCUT2D eigenvalue weighted by atomic mass is 9.97. The van der Waals surface area contributed by atoms with Crippen molar-refractivity contribution in [3.05, 3.63) is 42.1 Å². The average molecular weight is 346 g/mol. The van der Waals surface area contributed by atoms with Gasteiger partial charge in [-0.3, -0.25) is 15.8 Å². The van der Waals surface area contributed by atoms with Crippen LogP contribution in [0.15, 0.2) is 36.5 Å². The molecule has 7 heteroatoms. The highest BCUT2D eigenvalue weighted by molar-refractivity contribution is 7.89. The lowest BCUT2D eigenvalue weighted by Gasteiger charge is -2.20. The second-order valence-electron chi connectivity index (χ2n) is 6.68. The molecule has 24 heavy (non-hydrogen) atoms. The lowest BCUT2D eigenvalue weighted by molar-refractivity contribution is 0.449. The summed E-state index contributed by atoms with van der Waals surface area (Å²) in [5, 5.41) is 0.795. The van der Waals surface area contributed by atoms with Gasteiger partial charge in [0.1, 0.15) is 5.25 Å². The van der Waals surface area contributed by atoms with Crippen molar-refractivity contribution in [3.63, 3.8) is 0 Å². The third-order valence-electron chi connectivity index (χ3n) is 5.01. The Hall–Kier alpha value is -1.54. The van der Waals surface area contributed by atoms with E-state index in [1.807, 2.05) is 12.1 Å². The van der Waals surface area contributed by atoms with Crippen molar-refractivity contribution in [2.45, 2.75) is 18.1 Å². The first-order valence-corrected chi connectivity index (χ1v) is 9.91. The molecular weight excluding hydrogens is 324 g/mol. The van der Waals surface area contributed by atoms with Crippen LogP contribution >= 0.6 is 0 Å². The van der Waals surface area contributed by atoms with E-state index in [1.54, 1.807) is 10.5 Å². The van der Waals surface area contributed by atoms with Crippen LogP contribution in [0.3, 0.4) is 0 Å². The number of nitrogens with one attached hydrogen (secondary N) is 2. The van der Waals surface area contributed by atoms with E-state index in [0.29, 0.717) is 32.1 Å². The number of hydrazine groups is 1. The Bertz CT molecular complexity index is 833. The molecular formula is C17H22N4O2S. The van der Waals surface area contributed by atoms with E-state index < -0.39 is 10.0 Å². The molecule has 2 aliphatic heterocycles. The fraction of sp³-hybridized carbons (Fsp3) is 0.471. The molecule has 2 saturated heterocycles. The fourth-order valence-corrected chi connectivity index (χ4v) is 5.43. The normalized spacial score (nSPS) is 23.2. The van der Waals surface area contributed by atoms with E-state index in [9.17, 15) is 8.42 Å². The van der Waals surface area contributed by atoms with Gasteiger partial charge < -0.3 is 0 Å². The number of benzene rings is 1. The van der Waals surface area contributed by atoms with Crippen molar-refractivity contribution in [1.82, 2.24) is 20.1 Å². The molecule has 0 saturated carbocycles. The maximum atomic E-state index is 12.6. The quantitative estimate of drug-likeness (QED) is 0.861. The summed E-state index contributed by atoms with van der Waals surface area (Å²) in [7, 11) is -3.20. The number of hydrogen-bond acceptors (Lipinski definition) is 5. The van der Waals surface area contributed by atoms with Crippen LogP contribution in [0.2, 0.25) is 0 Å². The van der Waals surface area contributed by atoms with Crippen LogP contribution in [-0.4, -0.2) is 49.1 Å². The van der Waals surface area contributed by atoms with Crippen LogP contribution in [0.4, 0.5) is 0 Å². The number of nitrogens with zero attached hydrogens (tertiary/aromatic N) is 2. The molecule has 2 aliphatic rings. The van der Waals surface area contributed by atoms with Gasteiger partial charge in [-0.15, -0.1) is 0 Å². The predicted octanol–water partition coefficient (Wildman–Crippen LogP) is 0.905. The van der Waals surface area contributed by atoms with Gasteiger partial charge >= 0.3 is 0 Å². The Morgan fingerprint density at radius 1 is 1.21 bits per heavy atom. The van der Waals surface area contributed by atoms with Gasteiger partial charge in [-0.2, -0.15) is 0 Å². The molecule has 2 fully saturated rings. The first kappa shape index (κ1) is 16.0. The monoisotopic (exact) mass is 346 g/mol. The van der Waals surface area contributed by atoms with Gasteiger partial charge in [0.15, 0.2) is 0 Å². The van der Waals surface area contributed by atoms with Crippen LogP contribution in [0.5, 0.6) is 0 Å². The van der Waals surface area contributed by atoms with Gasteiger partial charge in [0.2, 0.25) is 10.0 Å². The SMILES string of the molecule is O=S(=O)(C1CNNC1)N1CCC(Cc2ccc3ncccc3c2)C1. The van der Waals surface area contributed by atoms with Crippen molar-refractivity contribution in [3.8, 4) is 0 Å². The highest BCUT2D eigenvalue weighted by atomic mass is 32.2. The van der Waals surface area contributed by atoms with E-state index in [2.05, 4.69) is 34.0 Å². The van der Waals surface area contributed by atoms with Crippen LogP contribution in [-0.2, 0) is 16.4 Å². The molecule has 0 aliphatic carbocycles. The molecule has 1 atom stereocenters. The van der Waals surface area contributed by atoms with Gasteiger partial charge in [0.25, 0.3) is 0 Å². The number of sulfonamides is 1. The Morgan fingerprint density at radius 2 is 2.04 bits per heavy atom. The molecule has 2 aromatic rings. The molecule has 1 aromatic carbocycles. The lowest BCUT2D eigenvalue weighted by Crippen LogP contribution is -2.40. The second-order valence-corrected chi connectivity index (χ2v) is 8.89. The maximum absolute atomic E-state index is 12.6. The third kappa shape index (κ3) is 3.04. The van der Waals surface area contributed by atoms with Gasteiger partial charge in [-0.1, -0.05) is 12.1 Å². The van der Waals surface area contributed by atoms with Crippen molar-refractivity contribution < 1.29 is 8.42 Å². The van der Waals surface area contributed by atoms with E-state index in [1.165, 1.54) is 5.56 Å². The first-order valence-electron chi connectivity index (χ1n) is 8.41. The Morgan fingerprint density at radius 3 is 2.88 bits per heavy atom. The van der Waals surface area contributed by atoms with Crippen molar-refractivity contribution >= 4 is 20.9 Å². The molecule has 128 valence electrons. The summed E-state index contributed by atoms with van der Waals surface area (Å²) in [6.45, 7) is 2.24. The molecule has 2 N–H and O–H groups in total. The standard InChI is InChI=1S/C17H22N4O2S/c22-24(23,16-10-19-20-11-16)21-7-5-14(12-21)8-13-3-4-17-15(9-13)2-1-6-18-17/h1-4,6,9,14,16,19-20H,5,7-8,10-12H2. The number of pyridine rings is 1. The number of fused-ring (bicyclic) bond motifs is 1. The minimum Gasteiger partial charge on any atom is -0.256 e. The van der Waals surface area contributed by atoms with Crippen molar-refractivity contribution in [2.75, 3.05) is 26.2 Å². The van der Waals surface area contributed by atoms with Gasteiger partial charge in [0.05, 0.1) is 5.52 Å². The van der Waals surface area contributed by atoms with E-state index in [4.69, 9.17) is 0 Å². The Balaban J connectivity index is 1.44. The molecule has 6 nitrogen and oxygen atoms in total. The zero-order valence-corrected chi connectivity index (χ0v) is 14.3. The highest BCUT2D eigenvalue weighted by Gasteiger charge is 2.38. The van der Waals surface area contributed by atoms with E-state index in [0.717, 1.165) is 23.7 Å². The predicted molar refractivity (Wildman–Crippen MR) is 93.8 cm³/mol. The molecule has 1 aromatic heterocycles. The Labute approximate surface area is 142 Å². The summed E-state index contributed by atoms with van der Waals surface area (Å²) in [6.07, 6.45) is 3.64. The van der Waals surface area contributed by atoms with Gasteiger partial charge in [0, 0.05) is 37.8 Å². The zero-order chi connectivity index (χ0) is 16.6. The summed E-state index contributed by atoms with van der Waals surface area (Å²) in [5.41, 5.74) is 8.07. The smallest absolute Gasteiger partial charge is 0.219 e. The van der Waals surface area contributed by atoms with Crippen LogP contribution in [0, 0.1) is 5.92 Å². The van der Waals surface area contributed by atoms with Crippen LogP contribution in [0.25, 0.3) is 10.9 Å². The molecule has 0 spiro atoms. The fourth-order valence-electron chi connectivity index (χ4n) is 3.65. The molecule has 0 bridgehead atoms. The highest BCUT2D eigenvalue weighted by Crippen LogP contribution is 2.26. The van der Waals surface area contributed by atoms with Crippen molar-refractivity contribution in [2.24, 2.45) is 5.92 Å². The van der Waals surface area contributed by atoms with Gasteiger partial charge in [-0.05, 0) is 42.5 Å². The zero-order valence-electron chi connectivity index (χ0n) is 13.5. The summed E-state index contributed by atoms with van der Waals surface area (Å²) in [5.74, 6) is 0.385. The number of hydrogen-bond donors (Lipinski definition) is 2. The summed E-state index contributed by atoms with van der Waals surface area (Å²) in [6, 6.07) is 10.3. The van der Waals surface area contributed by atoms with Gasteiger partial charge in [-0.25, -0.2) is 12.7 Å². The number of rotatable bonds is 4. The number of aromatic nitrogens is 1. The average Bonchev–Trinajstić information content (AvgIpc) is 3.27. The topological polar surface area (TPSA) is 74.3 Å². The summed E-state index contributed by atoms with van der Waals surface area (Å²) < 4.78 is 27.0. The third-order valence-corrected chi connectivity index (χ3v) is 7.23. The Kier molecular flexibility index (Phi) is 4.26. The molecule has 0 amide bonds. The van der Waals surface area contributed by atoms with E-state index >= 15 is 0 Å². The molecule has 4 rings (SSSR count). The van der Waals surface area contributed by atoms with Crippen LogP contribution < -0.4 is 10.9 Å².